The highest BCUT2D eigenvalue weighted by Crippen LogP contribution is 2.34. The van der Waals surface area contributed by atoms with Crippen molar-refractivity contribution in [3.63, 3.8) is 0 Å². The predicted molar refractivity (Wildman–Crippen MR) is 88.5 cm³/mol. The summed E-state index contributed by atoms with van der Waals surface area (Å²) in [7, 11) is -3.78. The molecule has 0 radical (unpaired) electrons. The lowest BCUT2D eigenvalue weighted by molar-refractivity contribution is 0.553. The normalized spacial score (nSPS) is 13.3. The Balaban J connectivity index is 2.37. The van der Waals surface area contributed by atoms with Gasteiger partial charge in [-0.05, 0) is 30.0 Å². The van der Waals surface area contributed by atoms with E-state index < -0.39 is 10.0 Å². The van der Waals surface area contributed by atoms with Crippen LogP contribution in [0.5, 0.6) is 0 Å². The van der Waals surface area contributed by atoms with Crippen molar-refractivity contribution >= 4 is 50.2 Å². The minimum Gasteiger partial charge on any atom is -0.396 e. The van der Waals surface area contributed by atoms with Crippen molar-refractivity contribution in [2.24, 2.45) is 0 Å². The Morgan fingerprint density at radius 2 is 2.05 bits per heavy atom. The van der Waals surface area contributed by atoms with E-state index in [0.717, 1.165) is 4.88 Å². The number of nitrogens with one attached hydrogen (secondary N) is 1. The molecule has 0 saturated carbocycles. The summed E-state index contributed by atoms with van der Waals surface area (Å²) in [5, 5.41) is 2.07. The van der Waals surface area contributed by atoms with Crippen LogP contribution in [-0.2, 0) is 10.0 Å². The SMILES string of the molecule is CCC(NS(=O)(=O)c1ccc(Cl)c(N)c1Cl)c1cccs1. The Bertz CT molecular complexity index is 731. The number of hydrogen-bond acceptors (Lipinski definition) is 4. The lowest BCUT2D eigenvalue weighted by atomic mass is 10.2. The summed E-state index contributed by atoms with van der Waals surface area (Å²) in [6, 6.07) is 6.24. The molecule has 114 valence electrons. The molecular formula is C13H14Cl2N2O2S2. The van der Waals surface area contributed by atoms with Crippen LogP contribution in [0.3, 0.4) is 0 Å². The molecule has 1 aromatic heterocycles. The minimum atomic E-state index is -3.78. The molecule has 0 fully saturated rings. The number of anilines is 1. The molecular weight excluding hydrogens is 351 g/mol. The highest BCUT2D eigenvalue weighted by molar-refractivity contribution is 7.89. The molecule has 0 aliphatic carbocycles. The number of benzene rings is 1. The first-order valence-electron chi connectivity index (χ1n) is 6.16. The van der Waals surface area contributed by atoms with Gasteiger partial charge in [-0.2, -0.15) is 0 Å². The third-order valence-electron chi connectivity index (χ3n) is 2.97. The maximum atomic E-state index is 12.5. The Morgan fingerprint density at radius 1 is 1.33 bits per heavy atom. The lowest BCUT2D eigenvalue weighted by Crippen LogP contribution is -2.28. The number of hydrogen-bond donors (Lipinski definition) is 2. The molecule has 0 spiro atoms. The zero-order valence-corrected chi connectivity index (χ0v) is 14.3. The molecule has 1 atom stereocenters. The van der Waals surface area contributed by atoms with Crippen LogP contribution < -0.4 is 10.5 Å². The Morgan fingerprint density at radius 3 is 2.62 bits per heavy atom. The molecule has 0 aliphatic heterocycles. The number of rotatable bonds is 5. The summed E-state index contributed by atoms with van der Waals surface area (Å²) < 4.78 is 27.6. The standard InChI is InChI=1S/C13H14Cl2N2O2S2/c1-2-9(10-4-3-7-20-10)17-21(18,19)11-6-5-8(14)13(16)12(11)15/h3-7,9,17H,2,16H2,1H3. The molecule has 0 saturated heterocycles. The minimum absolute atomic E-state index is 0.0592. The lowest BCUT2D eigenvalue weighted by Gasteiger charge is -2.17. The van der Waals surface area contributed by atoms with E-state index in [2.05, 4.69) is 4.72 Å². The quantitative estimate of drug-likeness (QED) is 0.785. The van der Waals surface area contributed by atoms with Crippen molar-refractivity contribution in [2.45, 2.75) is 24.3 Å². The van der Waals surface area contributed by atoms with Crippen molar-refractivity contribution in [1.29, 1.82) is 0 Å². The maximum absolute atomic E-state index is 12.5. The van der Waals surface area contributed by atoms with E-state index in [-0.39, 0.29) is 26.7 Å². The largest absolute Gasteiger partial charge is 0.396 e. The number of sulfonamides is 1. The molecule has 21 heavy (non-hydrogen) atoms. The molecule has 1 unspecified atom stereocenters. The number of halogens is 2. The second kappa shape index (κ2) is 6.54. The van der Waals surface area contributed by atoms with Gasteiger partial charge >= 0.3 is 0 Å². The fourth-order valence-electron chi connectivity index (χ4n) is 1.84. The van der Waals surface area contributed by atoms with Crippen molar-refractivity contribution in [3.05, 3.63) is 44.6 Å². The van der Waals surface area contributed by atoms with Crippen LogP contribution in [0.1, 0.15) is 24.3 Å². The Labute approximate surface area is 137 Å². The first kappa shape index (κ1) is 16.6. The van der Waals surface area contributed by atoms with Gasteiger partial charge in [0.15, 0.2) is 0 Å². The van der Waals surface area contributed by atoms with E-state index in [9.17, 15) is 8.42 Å². The zero-order chi connectivity index (χ0) is 15.6. The number of nitrogens with two attached hydrogens (primary N) is 1. The Kier molecular flexibility index (Phi) is 5.16. The van der Waals surface area contributed by atoms with E-state index in [1.165, 1.54) is 23.5 Å². The summed E-state index contributed by atoms with van der Waals surface area (Å²) in [6.07, 6.45) is 0.625. The summed E-state index contributed by atoms with van der Waals surface area (Å²) in [4.78, 5) is 0.875. The van der Waals surface area contributed by atoms with E-state index in [1.54, 1.807) is 0 Å². The number of nitrogen functional groups attached to an aromatic ring is 1. The average molecular weight is 365 g/mol. The first-order valence-corrected chi connectivity index (χ1v) is 9.28. The summed E-state index contributed by atoms with van der Waals surface area (Å²) >= 11 is 13.3. The monoisotopic (exact) mass is 364 g/mol. The molecule has 4 nitrogen and oxygen atoms in total. The summed E-state index contributed by atoms with van der Waals surface area (Å²) in [5.41, 5.74) is 5.74. The van der Waals surface area contributed by atoms with Gasteiger partial charge < -0.3 is 5.73 Å². The topological polar surface area (TPSA) is 72.2 Å². The van der Waals surface area contributed by atoms with Crippen LogP contribution in [0.25, 0.3) is 0 Å². The molecule has 1 heterocycles. The van der Waals surface area contributed by atoms with Gasteiger partial charge in [-0.15, -0.1) is 11.3 Å². The van der Waals surface area contributed by atoms with Gasteiger partial charge in [0, 0.05) is 4.88 Å². The second-order valence-corrected chi connectivity index (χ2v) is 7.82. The van der Waals surface area contributed by atoms with Gasteiger partial charge in [-0.3, -0.25) is 0 Å². The number of thiophene rings is 1. The van der Waals surface area contributed by atoms with Crippen LogP contribution >= 0.6 is 34.5 Å². The average Bonchev–Trinajstić information content (AvgIpc) is 2.96. The van der Waals surface area contributed by atoms with E-state index in [0.29, 0.717) is 6.42 Å². The third kappa shape index (κ3) is 3.52. The van der Waals surface area contributed by atoms with Gasteiger partial charge in [-0.25, -0.2) is 13.1 Å². The molecule has 2 rings (SSSR count). The van der Waals surface area contributed by atoms with Gasteiger partial charge in [0.1, 0.15) is 4.90 Å². The molecule has 1 aromatic carbocycles. The third-order valence-corrected chi connectivity index (χ3v) is 6.32. The fraction of sp³-hybridized carbons (Fsp3) is 0.231. The van der Waals surface area contributed by atoms with E-state index in [1.807, 2.05) is 24.4 Å². The molecule has 3 N–H and O–H groups in total. The molecule has 0 aliphatic rings. The maximum Gasteiger partial charge on any atom is 0.242 e. The van der Waals surface area contributed by atoms with Gasteiger partial charge in [-0.1, -0.05) is 36.2 Å². The van der Waals surface area contributed by atoms with Gasteiger partial charge in [0.2, 0.25) is 10.0 Å². The zero-order valence-electron chi connectivity index (χ0n) is 11.1. The fourth-order valence-corrected chi connectivity index (χ4v) is 4.84. The van der Waals surface area contributed by atoms with Crippen molar-refractivity contribution in [1.82, 2.24) is 4.72 Å². The van der Waals surface area contributed by atoms with Gasteiger partial charge in [0.05, 0.1) is 21.8 Å². The molecule has 2 aromatic rings. The van der Waals surface area contributed by atoms with Crippen molar-refractivity contribution < 1.29 is 8.42 Å². The highest BCUT2D eigenvalue weighted by atomic mass is 35.5. The molecule has 0 amide bonds. The second-order valence-electron chi connectivity index (χ2n) is 4.37. The van der Waals surface area contributed by atoms with Crippen LogP contribution in [0.2, 0.25) is 10.0 Å². The molecule has 0 bridgehead atoms. The Hall–Kier alpha value is -0.790. The summed E-state index contributed by atoms with van der Waals surface area (Å²) in [5.74, 6) is 0. The van der Waals surface area contributed by atoms with Crippen LogP contribution in [0.4, 0.5) is 5.69 Å². The van der Waals surface area contributed by atoms with E-state index in [4.69, 9.17) is 28.9 Å². The van der Waals surface area contributed by atoms with Crippen LogP contribution in [-0.4, -0.2) is 8.42 Å². The van der Waals surface area contributed by atoms with E-state index >= 15 is 0 Å². The smallest absolute Gasteiger partial charge is 0.242 e. The van der Waals surface area contributed by atoms with Crippen molar-refractivity contribution in [2.75, 3.05) is 5.73 Å². The van der Waals surface area contributed by atoms with Crippen LogP contribution in [0, 0.1) is 0 Å². The van der Waals surface area contributed by atoms with Crippen molar-refractivity contribution in [3.8, 4) is 0 Å². The highest BCUT2D eigenvalue weighted by Gasteiger charge is 2.24. The summed E-state index contributed by atoms with van der Waals surface area (Å²) in [6.45, 7) is 1.91. The predicted octanol–water partition coefficient (Wildman–Crippen LogP) is 4.07. The van der Waals surface area contributed by atoms with Gasteiger partial charge in [0.25, 0.3) is 0 Å². The first-order chi connectivity index (χ1) is 9.86. The van der Waals surface area contributed by atoms with Crippen LogP contribution in [0.15, 0.2) is 34.5 Å². The molecule has 8 heteroatoms.